The van der Waals surface area contributed by atoms with Gasteiger partial charge < -0.3 is 9.26 Å². The van der Waals surface area contributed by atoms with Gasteiger partial charge in [0.2, 0.25) is 0 Å². The molecule has 2 nitrogen and oxygen atoms in total. The van der Waals surface area contributed by atoms with Crippen molar-refractivity contribution in [1.29, 1.82) is 0 Å². The summed E-state index contributed by atoms with van der Waals surface area (Å²) in [6, 6.07) is -0.807. The zero-order valence-electron chi connectivity index (χ0n) is 9.16. The summed E-state index contributed by atoms with van der Waals surface area (Å²) in [7, 11) is 5.06. The molecular weight excluding hydrogens is 201 g/mol. The van der Waals surface area contributed by atoms with Gasteiger partial charge >= 0.3 is 0 Å². The number of hydrogen-bond acceptors (Lipinski definition) is 2. The highest BCUT2D eigenvalue weighted by atomic mass is 31.1. The van der Waals surface area contributed by atoms with E-state index < -0.39 is 25.9 Å². The number of ether oxygens (including phenoxy) is 1. The Balaban J connectivity index is 2.57. The molecule has 0 aromatic heterocycles. The Morgan fingerprint density at radius 3 is 2.50 bits per heavy atom. The molecule has 0 bridgehead atoms. The van der Waals surface area contributed by atoms with Crippen LogP contribution in [0.25, 0.3) is 0 Å². The van der Waals surface area contributed by atoms with Crippen LogP contribution in [0.5, 0.6) is 0 Å². The number of halogens is 1. The van der Waals surface area contributed by atoms with Crippen LogP contribution < -0.4 is 0 Å². The van der Waals surface area contributed by atoms with Gasteiger partial charge in [-0.25, -0.2) is 4.39 Å². The second-order valence-electron chi connectivity index (χ2n) is 4.21. The summed E-state index contributed by atoms with van der Waals surface area (Å²) in [5.74, 6) is -0.215. The Hall–Kier alpha value is 0.345. The third kappa shape index (κ3) is 2.47. The lowest BCUT2D eigenvalue weighted by Gasteiger charge is -2.29. The minimum atomic E-state index is -1.09. The third-order valence-electron chi connectivity index (χ3n) is 2.77. The van der Waals surface area contributed by atoms with E-state index in [1.54, 1.807) is 0 Å². The quantitative estimate of drug-likeness (QED) is 0.532. The fourth-order valence-electron chi connectivity index (χ4n) is 1.53. The molecule has 1 rings (SSSR count). The van der Waals surface area contributed by atoms with Gasteiger partial charge in [-0.05, 0) is 20.3 Å². The lowest BCUT2D eigenvalue weighted by atomic mass is 9.85. The van der Waals surface area contributed by atoms with E-state index in [9.17, 15) is 4.39 Å². The predicted molar refractivity (Wildman–Crippen MR) is 57.8 cm³/mol. The van der Waals surface area contributed by atoms with E-state index in [1.165, 1.54) is 0 Å². The largest absolute Gasteiger partial charge is 0.376 e. The van der Waals surface area contributed by atoms with E-state index in [1.807, 2.05) is 27.2 Å². The molecule has 0 aromatic rings. The van der Waals surface area contributed by atoms with Crippen molar-refractivity contribution in [2.24, 2.45) is 5.92 Å². The van der Waals surface area contributed by atoms with Crippen LogP contribution in [-0.4, -0.2) is 45.6 Å². The second-order valence-corrected chi connectivity index (χ2v) is 6.10. The lowest BCUT2D eigenvalue weighted by Crippen LogP contribution is -2.36. The van der Waals surface area contributed by atoms with Crippen LogP contribution in [0.1, 0.15) is 13.8 Å². The minimum absolute atomic E-state index is 0.215. The molecule has 1 fully saturated rings. The van der Waals surface area contributed by atoms with Crippen LogP contribution in [0.15, 0.2) is 0 Å². The molecule has 0 amide bonds. The molecule has 1 aliphatic rings. The Bertz CT molecular complexity index is 205. The number of alkyl halides is 1. The maximum Gasteiger partial charge on any atom is 0.123 e. The van der Waals surface area contributed by atoms with Gasteiger partial charge in [0.1, 0.15) is 14.0 Å². The fourth-order valence-corrected chi connectivity index (χ4v) is 2.04. The summed E-state index contributed by atoms with van der Waals surface area (Å²) in [5.41, 5.74) is -0.578. The van der Waals surface area contributed by atoms with E-state index in [4.69, 9.17) is 17.1 Å². The molecule has 0 spiro atoms. The predicted octanol–water partition coefficient (Wildman–Crippen LogP) is 1.92. The van der Waals surface area contributed by atoms with Crippen molar-refractivity contribution in [3.63, 3.8) is 0 Å². The van der Waals surface area contributed by atoms with Crippen LogP contribution in [0.4, 0.5) is 4.39 Å². The molecular formula is C9H17BFO2P. The number of rotatable bonds is 3. The van der Waals surface area contributed by atoms with Gasteiger partial charge in [-0.3, -0.25) is 0 Å². The molecule has 1 saturated heterocycles. The zero-order valence-corrected chi connectivity index (χ0v) is 10.1. The first-order chi connectivity index (χ1) is 6.37. The van der Waals surface area contributed by atoms with Crippen LogP contribution in [0, 0.1) is 5.92 Å². The standard InChI is InChI=1S/C9H17BFO2P/c1-6-7(11)8(10)13-9(6,2)5-12-14(3)4/h6-8H,5H2,1-4H3/t6-,7?,8-,9-/m1/s1. The van der Waals surface area contributed by atoms with Crippen molar-refractivity contribution in [2.75, 3.05) is 19.9 Å². The summed E-state index contributed by atoms with van der Waals surface area (Å²) >= 11 is 0. The lowest BCUT2D eigenvalue weighted by molar-refractivity contribution is -0.0449. The van der Waals surface area contributed by atoms with Gasteiger partial charge in [-0.2, -0.15) is 0 Å². The fraction of sp³-hybridized carbons (Fsp3) is 1.00. The monoisotopic (exact) mass is 218 g/mol. The van der Waals surface area contributed by atoms with E-state index in [2.05, 4.69) is 0 Å². The maximum absolute atomic E-state index is 13.4. The summed E-state index contributed by atoms with van der Waals surface area (Å²) in [6.07, 6.45) is -1.09. The van der Waals surface area contributed by atoms with Gasteiger partial charge in [-0.1, -0.05) is 6.92 Å². The van der Waals surface area contributed by atoms with Gasteiger partial charge in [0, 0.05) is 20.1 Å². The zero-order chi connectivity index (χ0) is 10.9. The molecule has 0 saturated carbocycles. The molecule has 1 aliphatic heterocycles. The van der Waals surface area contributed by atoms with Crippen molar-refractivity contribution in [2.45, 2.75) is 31.6 Å². The summed E-state index contributed by atoms with van der Waals surface area (Å²) in [4.78, 5) is 0. The van der Waals surface area contributed by atoms with Crippen molar-refractivity contribution < 1.29 is 13.7 Å². The molecule has 1 unspecified atom stereocenters. The average molecular weight is 218 g/mol. The normalized spacial score (nSPS) is 43.4. The van der Waals surface area contributed by atoms with E-state index in [0.29, 0.717) is 6.61 Å². The van der Waals surface area contributed by atoms with E-state index >= 15 is 0 Å². The molecule has 0 N–H and O–H groups in total. The van der Waals surface area contributed by atoms with Crippen molar-refractivity contribution in [3.05, 3.63) is 0 Å². The van der Waals surface area contributed by atoms with Gasteiger partial charge in [0.25, 0.3) is 0 Å². The van der Waals surface area contributed by atoms with Crippen LogP contribution in [0.3, 0.4) is 0 Å². The van der Waals surface area contributed by atoms with Crippen LogP contribution in [-0.2, 0) is 9.26 Å². The first-order valence-electron chi connectivity index (χ1n) is 4.74. The Labute approximate surface area is 87.8 Å². The topological polar surface area (TPSA) is 18.5 Å². The molecule has 80 valence electrons. The number of hydrogen-bond donors (Lipinski definition) is 0. The molecule has 5 heteroatoms. The van der Waals surface area contributed by atoms with Gasteiger partial charge in [0.05, 0.1) is 12.2 Å². The SMILES string of the molecule is [B][C@@H]1O[C@](C)(COP(C)C)[C@H](C)C1F. The average Bonchev–Trinajstić information content (AvgIpc) is 2.28. The van der Waals surface area contributed by atoms with Gasteiger partial charge in [0.15, 0.2) is 0 Å². The molecule has 4 atom stereocenters. The maximum atomic E-state index is 13.4. The molecule has 0 aromatic carbocycles. The Kier molecular flexibility index (Phi) is 3.96. The second kappa shape index (κ2) is 4.46. The highest BCUT2D eigenvalue weighted by Gasteiger charge is 2.48. The smallest absolute Gasteiger partial charge is 0.123 e. The summed E-state index contributed by atoms with van der Waals surface area (Å²) < 4.78 is 24.4. The summed E-state index contributed by atoms with van der Waals surface area (Å²) in [6.45, 7) is 8.10. The third-order valence-corrected chi connectivity index (χ3v) is 3.41. The van der Waals surface area contributed by atoms with E-state index in [0.717, 1.165) is 0 Å². The van der Waals surface area contributed by atoms with Gasteiger partial charge in [-0.15, -0.1) is 0 Å². The highest BCUT2D eigenvalue weighted by molar-refractivity contribution is 7.50. The van der Waals surface area contributed by atoms with E-state index in [-0.39, 0.29) is 5.92 Å². The summed E-state index contributed by atoms with van der Waals surface area (Å²) in [5, 5.41) is 0. The first-order valence-corrected chi connectivity index (χ1v) is 6.90. The van der Waals surface area contributed by atoms with Crippen LogP contribution >= 0.6 is 8.15 Å². The first kappa shape index (κ1) is 12.4. The Morgan fingerprint density at radius 1 is 1.57 bits per heavy atom. The van der Waals surface area contributed by atoms with Crippen molar-refractivity contribution in [1.82, 2.24) is 0 Å². The van der Waals surface area contributed by atoms with Crippen LogP contribution in [0.2, 0.25) is 0 Å². The molecule has 0 aliphatic carbocycles. The highest BCUT2D eigenvalue weighted by Crippen LogP contribution is 2.39. The minimum Gasteiger partial charge on any atom is -0.376 e. The molecule has 14 heavy (non-hydrogen) atoms. The molecule has 1 heterocycles. The van der Waals surface area contributed by atoms with Crippen molar-refractivity contribution >= 4 is 16.0 Å². The Morgan fingerprint density at radius 2 is 2.14 bits per heavy atom. The van der Waals surface area contributed by atoms with Crippen molar-refractivity contribution in [3.8, 4) is 0 Å². The molecule has 2 radical (unpaired) electrons.